The summed E-state index contributed by atoms with van der Waals surface area (Å²) in [5, 5.41) is 10.6. The van der Waals surface area contributed by atoms with Crippen LogP contribution < -0.4 is 0 Å². The molecule has 6 nitrogen and oxygen atoms in total. The van der Waals surface area contributed by atoms with Crippen LogP contribution in [0.3, 0.4) is 0 Å². The Morgan fingerprint density at radius 2 is 1.72 bits per heavy atom. The molecule has 0 unspecified atom stereocenters. The second-order valence-electron chi connectivity index (χ2n) is 9.31. The number of alkyl halides is 3. The Balaban J connectivity index is 1.45. The predicted molar refractivity (Wildman–Crippen MR) is 131 cm³/mol. The molecule has 0 spiro atoms. The van der Waals surface area contributed by atoms with Gasteiger partial charge in [0.05, 0.1) is 22.8 Å². The summed E-state index contributed by atoms with van der Waals surface area (Å²) >= 11 is 0. The molecule has 0 bridgehead atoms. The number of aromatic amines is 1. The number of fused-ring (bicyclic) bond motifs is 1. The van der Waals surface area contributed by atoms with Crippen LogP contribution in [0.15, 0.2) is 67.1 Å². The molecule has 0 atom stereocenters. The maximum Gasteiger partial charge on any atom is 0.434 e. The highest BCUT2D eigenvalue weighted by atomic mass is 19.4. The topological polar surface area (TPSA) is 79.6 Å². The minimum Gasteiger partial charge on any atom is -0.386 e. The van der Waals surface area contributed by atoms with E-state index in [0.717, 1.165) is 39.5 Å². The largest absolute Gasteiger partial charge is 0.434 e. The number of aliphatic hydroxyl groups is 1. The molecule has 0 aliphatic rings. The fourth-order valence-corrected chi connectivity index (χ4v) is 4.30. The number of aryl methyl sites for hydroxylation is 1. The first-order valence-electron chi connectivity index (χ1n) is 11.4. The van der Waals surface area contributed by atoms with E-state index in [1.165, 1.54) is 4.57 Å². The van der Waals surface area contributed by atoms with Crippen molar-refractivity contribution < 1.29 is 18.3 Å². The summed E-state index contributed by atoms with van der Waals surface area (Å²) in [6.45, 7) is 3.45. The van der Waals surface area contributed by atoms with Gasteiger partial charge in [-0.3, -0.25) is 0 Å². The number of nitrogens with zero attached hydrogens (tertiary/aromatic N) is 4. The van der Waals surface area contributed by atoms with Gasteiger partial charge in [-0.05, 0) is 25.0 Å². The zero-order valence-corrected chi connectivity index (χ0v) is 19.9. The van der Waals surface area contributed by atoms with Crippen molar-refractivity contribution in [1.82, 2.24) is 24.5 Å². The summed E-state index contributed by atoms with van der Waals surface area (Å²) in [6, 6.07) is 14.8. The fourth-order valence-electron chi connectivity index (χ4n) is 4.30. The van der Waals surface area contributed by atoms with Gasteiger partial charge in [-0.1, -0.05) is 48.5 Å². The number of imidazole rings is 1. The lowest BCUT2D eigenvalue weighted by molar-refractivity contribution is -0.140. The normalized spacial score (nSPS) is 12.4. The Morgan fingerprint density at radius 3 is 2.39 bits per heavy atom. The second kappa shape index (κ2) is 8.60. The Morgan fingerprint density at radius 1 is 1.00 bits per heavy atom. The highest BCUT2D eigenvalue weighted by Crippen LogP contribution is 2.32. The Labute approximate surface area is 205 Å². The van der Waals surface area contributed by atoms with Crippen molar-refractivity contribution in [3.63, 3.8) is 0 Å². The molecular formula is C27H24F3N5O. The SMILES string of the molecule is Cn1cc(C(F)(F)F)nc1-c1ccc(Cc2c[nH]c3cnc(-c4ccccc4C(C)(C)O)nc23)cc1. The molecule has 5 rings (SSSR count). The Kier molecular flexibility index (Phi) is 5.67. The van der Waals surface area contributed by atoms with Crippen molar-refractivity contribution in [1.29, 1.82) is 0 Å². The van der Waals surface area contributed by atoms with Crippen LogP contribution in [0, 0.1) is 0 Å². The van der Waals surface area contributed by atoms with Crippen LogP contribution in [0.4, 0.5) is 13.2 Å². The van der Waals surface area contributed by atoms with E-state index in [9.17, 15) is 18.3 Å². The van der Waals surface area contributed by atoms with Crippen LogP contribution in [0.2, 0.25) is 0 Å². The Hall–Kier alpha value is -3.98. The fraction of sp³-hybridized carbons (Fsp3) is 0.222. The van der Waals surface area contributed by atoms with E-state index in [-0.39, 0.29) is 5.82 Å². The molecule has 184 valence electrons. The monoisotopic (exact) mass is 491 g/mol. The minimum absolute atomic E-state index is 0.254. The van der Waals surface area contributed by atoms with E-state index in [4.69, 9.17) is 4.98 Å². The molecule has 2 aromatic carbocycles. The average molecular weight is 492 g/mol. The van der Waals surface area contributed by atoms with Crippen LogP contribution in [0.1, 0.15) is 36.2 Å². The van der Waals surface area contributed by atoms with Gasteiger partial charge < -0.3 is 14.7 Å². The van der Waals surface area contributed by atoms with Crippen LogP contribution in [-0.2, 0) is 25.2 Å². The van der Waals surface area contributed by atoms with Crippen molar-refractivity contribution in [2.75, 3.05) is 0 Å². The maximum atomic E-state index is 13.0. The molecule has 5 aromatic rings. The molecule has 36 heavy (non-hydrogen) atoms. The van der Waals surface area contributed by atoms with Gasteiger partial charge >= 0.3 is 6.18 Å². The second-order valence-corrected chi connectivity index (χ2v) is 9.31. The minimum atomic E-state index is -4.49. The lowest BCUT2D eigenvalue weighted by Gasteiger charge is -2.20. The molecule has 2 N–H and O–H groups in total. The average Bonchev–Trinajstić information content (AvgIpc) is 3.42. The van der Waals surface area contributed by atoms with E-state index in [0.29, 0.717) is 17.8 Å². The maximum absolute atomic E-state index is 13.0. The molecule has 3 aromatic heterocycles. The number of H-pyrrole nitrogens is 1. The van der Waals surface area contributed by atoms with Crippen molar-refractivity contribution in [3.8, 4) is 22.8 Å². The number of nitrogens with one attached hydrogen (secondary N) is 1. The zero-order chi connectivity index (χ0) is 25.7. The summed E-state index contributed by atoms with van der Waals surface area (Å²) in [4.78, 5) is 16.3. The van der Waals surface area contributed by atoms with E-state index < -0.39 is 17.5 Å². The van der Waals surface area contributed by atoms with Gasteiger partial charge in [0.1, 0.15) is 5.82 Å². The van der Waals surface area contributed by atoms with Crippen molar-refractivity contribution in [3.05, 3.63) is 89.5 Å². The molecular weight excluding hydrogens is 467 g/mol. The van der Waals surface area contributed by atoms with Crippen LogP contribution in [-0.4, -0.2) is 29.6 Å². The first-order chi connectivity index (χ1) is 17.0. The van der Waals surface area contributed by atoms with Gasteiger partial charge in [0.2, 0.25) is 0 Å². The first-order valence-corrected chi connectivity index (χ1v) is 11.4. The van der Waals surface area contributed by atoms with Gasteiger partial charge in [-0.2, -0.15) is 13.2 Å². The smallest absolute Gasteiger partial charge is 0.386 e. The first kappa shape index (κ1) is 23.7. The molecule has 9 heteroatoms. The van der Waals surface area contributed by atoms with Crippen molar-refractivity contribution in [2.24, 2.45) is 7.05 Å². The highest BCUT2D eigenvalue weighted by molar-refractivity contribution is 5.81. The predicted octanol–water partition coefficient (Wildman–Crippen LogP) is 5.86. The van der Waals surface area contributed by atoms with E-state index >= 15 is 0 Å². The van der Waals surface area contributed by atoms with E-state index in [1.807, 2.05) is 42.6 Å². The number of benzene rings is 2. The van der Waals surface area contributed by atoms with Gasteiger partial charge in [-0.15, -0.1) is 0 Å². The Bertz CT molecular complexity index is 1540. The van der Waals surface area contributed by atoms with Gasteiger partial charge in [0, 0.05) is 42.6 Å². The number of rotatable bonds is 5. The molecule has 0 saturated heterocycles. The summed E-state index contributed by atoms with van der Waals surface area (Å²) in [7, 11) is 1.55. The molecule has 0 saturated carbocycles. The van der Waals surface area contributed by atoms with Crippen LogP contribution in [0.5, 0.6) is 0 Å². The summed E-state index contributed by atoms with van der Waals surface area (Å²) in [5.41, 5.74) is 3.63. The number of aromatic nitrogens is 5. The zero-order valence-electron chi connectivity index (χ0n) is 19.9. The third-order valence-corrected chi connectivity index (χ3v) is 6.10. The van der Waals surface area contributed by atoms with Crippen LogP contribution >= 0.6 is 0 Å². The van der Waals surface area contributed by atoms with Gasteiger partial charge in [-0.25, -0.2) is 15.0 Å². The van der Waals surface area contributed by atoms with Gasteiger partial charge in [0.15, 0.2) is 11.5 Å². The van der Waals surface area contributed by atoms with Crippen molar-refractivity contribution >= 4 is 11.0 Å². The standard InChI is InChI=1S/C27H24F3N5O/c1-26(2,36)20-7-5-4-6-19(20)24-32-14-21-23(34-24)18(13-31-21)12-16-8-10-17(11-9-16)25-33-22(15-35(25)3)27(28,29)30/h4-11,13-15,31,36H,12H2,1-3H3. The summed E-state index contributed by atoms with van der Waals surface area (Å²) in [5.74, 6) is 0.774. The van der Waals surface area contributed by atoms with E-state index in [1.54, 1.807) is 39.2 Å². The molecule has 0 radical (unpaired) electrons. The molecule has 0 aliphatic heterocycles. The molecule has 0 aliphatic carbocycles. The van der Waals surface area contributed by atoms with Crippen LogP contribution in [0.25, 0.3) is 33.8 Å². The molecule has 3 heterocycles. The third kappa shape index (κ3) is 4.49. The molecule has 0 fully saturated rings. The molecule has 0 amide bonds. The van der Waals surface area contributed by atoms with Crippen molar-refractivity contribution in [2.45, 2.75) is 32.0 Å². The van der Waals surface area contributed by atoms with Gasteiger partial charge in [0.25, 0.3) is 0 Å². The summed E-state index contributed by atoms with van der Waals surface area (Å²) in [6.07, 6.45) is 0.679. The van der Waals surface area contributed by atoms with E-state index in [2.05, 4.69) is 15.0 Å². The lowest BCUT2D eigenvalue weighted by Crippen LogP contribution is -2.17. The number of halogens is 3. The number of hydrogen-bond acceptors (Lipinski definition) is 4. The quantitative estimate of drug-likeness (QED) is 0.323. The third-order valence-electron chi connectivity index (χ3n) is 6.10. The highest BCUT2D eigenvalue weighted by Gasteiger charge is 2.34. The lowest BCUT2D eigenvalue weighted by atomic mass is 9.93. The summed E-state index contributed by atoms with van der Waals surface area (Å²) < 4.78 is 40.4. The number of hydrogen-bond donors (Lipinski definition) is 2.